The number of amides is 1. The van der Waals surface area contributed by atoms with Gasteiger partial charge in [-0.2, -0.15) is 0 Å². The highest BCUT2D eigenvalue weighted by Crippen LogP contribution is 2.38. The molecule has 1 amide bonds. The second-order valence-electron chi connectivity index (χ2n) is 7.31. The van der Waals surface area contributed by atoms with Gasteiger partial charge in [0.1, 0.15) is 11.4 Å². The molecule has 2 aromatic rings. The fourth-order valence-electron chi connectivity index (χ4n) is 3.43. The van der Waals surface area contributed by atoms with Crippen LogP contribution in [-0.2, 0) is 16.6 Å². The summed E-state index contributed by atoms with van der Waals surface area (Å²) in [6, 6.07) is 7.23. The van der Waals surface area contributed by atoms with Crippen LogP contribution in [0.4, 0.5) is 5.69 Å². The fraction of sp³-hybridized carbons (Fsp3) is 0.421. The van der Waals surface area contributed by atoms with Crippen LogP contribution in [0.3, 0.4) is 0 Å². The molecule has 8 heteroatoms. The van der Waals surface area contributed by atoms with Gasteiger partial charge in [-0.25, -0.2) is 8.42 Å². The molecule has 0 saturated heterocycles. The monoisotopic (exact) mass is 389 g/mol. The molecule has 1 saturated carbocycles. The lowest BCUT2D eigenvalue weighted by molar-refractivity contribution is 0.0927. The van der Waals surface area contributed by atoms with Crippen LogP contribution in [0.2, 0.25) is 0 Å². The van der Waals surface area contributed by atoms with Crippen molar-refractivity contribution in [3.8, 4) is 17.0 Å². The highest BCUT2D eigenvalue weighted by atomic mass is 32.2. The SMILES string of the molecule is Cc1cc(-c2cc(NS(C)(=O)=O)ccc2OCC2CC2)n2c1C(=O)NCC2. The van der Waals surface area contributed by atoms with Crippen molar-refractivity contribution in [2.45, 2.75) is 26.3 Å². The normalized spacial score (nSPS) is 16.6. The lowest BCUT2D eigenvalue weighted by Crippen LogP contribution is -2.35. The first-order chi connectivity index (χ1) is 12.8. The van der Waals surface area contributed by atoms with Gasteiger partial charge in [0.25, 0.3) is 5.91 Å². The van der Waals surface area contributed by atoms with Crippen LogP contribution in [-0.4, -0.2) is 38.3 Å². The molecule has 2 N–H and O–H groups in total. The summed E-state index contributed by atoms with van der Waals surface area (Å²) in [5.74, 6) is 1.21. The number of hydrogen-bond donors (Lipinski definition) is 2. The van der Waals surface area contributed by atoms with Crippen molar-refractivity contribution < 1.29 is 17.9 Å². The molecular weight excluding hydrogens is 366 g/mol. The summed E-state index contributed by atoms with van der Waals surface area (Å²) in [5, 5.41) is 2.87. The molecule has 0 bridgehead atoms. The van der Waals surface area contributed by atoms with Crippen molar-refractivity contribution in [1.82, 2.24) is 9.88 Å². The number of nitrogens with one attached hydrogen (secondary N) is 2. The minimum absolute atomic E-state index is 0.0872. The summed E-state index contributed by atoms with van der Waals surface area (Å²) in [6.07, 6.45) is 3.49. The first kappa shape index (κ1) is 17.9. The lowest BCUT2D eigenvalue weighted by atomic mass is 10.1. The summed E-state index contributed by atoms with van der Waals surface area (Å²) in [7, 11) is -3.39. The van der Waals surface area contributed by atoms with Gasteiger partial charge >= 0.3 is 0 Å². The van der Waals surface area contributed by atoms with E-state index >= 15 is 0 Å². The first-order valence-electron chi connectivity index (χ1n) is 9.05. The van der Waals surface area contributed by atoms with Gasteiger partial charge in [-0.15, -0.1) is 0 Å². The summed E-state index contributed by atoms with van der Waals surface area (Å²) in [4.78, 5) is 12.3. The van der Waals surface area contributed by atoms with Crippen molar-refractivity contribution in [1.29, 1.82) is 0 Å². The Bertz CT molecular complexity index is 1010. The van der Waals surface area contributed by atoms with Crippen LogP contribution in [0.5, 0.6) is 5.75 Å². The number of aromatic nitrogens is 1. The van der Waals surface area contributed by atoms with Crippen LogP contribution in [0.25, 0.3) is 11.3 Å². The molecule has 2 heterocycles. The van der Waals surface area contributed by atoms with E-state index in [0.29, 0.717) is 42.7 Å². The van der Waals surface area contributed by atoms with E-state index in [1.165, 1.54) is 12.8 Å². The Balaban J connectivity index is 1.80. The van der Waals surface area contributed by atoms with E-state index in [2.05, 4.69) is 10.0 Å². The zero-order chi connectivity index (χ0) is 19.2. The molecular formula is C19H23N3O4S. The molecule has 144 valence electrons. The van der Waals surface area contributed by atoms with Gasteiger partial charge in [0.2, 0.25) is 10.0 Å². The summed E-state index contributed by atoms with van der Waals surface area (Å²) in [5.41, 5.74) is 3.65. The average molecular weight is 389 g/mol. The maximum Gasteiger partial charge on any atom is 0.268 e. The van der Waals surface area contributed by atoms with E-state index in [0.717, 1.165) is 23.1 Å². The molecule has 4 rings (SSSR count). The number of hydrogen-bond acceptors (Lipinski definition) is 4. The number of ether oxygens (including phenoxy) is 1. The molecule has 0 spiro atoms. The van der Waals surface area contributed by atoms with Gasteiger partial charge < -0.3 is 14.6 Å². The fourth-order valence-corrected chi connectivity index (χ4v) is 3.99. The first-order valence-corrected chi connectivity index (χ1v) is 10.9. The molecule has 2 aliphatic rings. The largest absolute Gasteiger partial charge is 0.493 e. The molecule has 7 nitrogen and oxygen atoms in total. The van der Waals surface area contributed by atoms with Crippen LogP contribution >= 0.6 is 0 Å². The van der Waals surface area contributed by atoms with Crippen molar-refractivity contribution in [3.05, 3.63) is 35.5 Å². The topological polar surface area (TPSA) is 89.4 Å². The zero-order valence-electron chi connectivity index (χ0n) is 15.4. The third-order valence-electron chi connectivity index (χ3n) is 4.85. The standard InChI is InChI=1S/C19H23N3O4S/c1-12-9-16(22-8-7-20-19(23)18(12)22)15-10-14(21-27(2,24)25)5-6-17(15)26-11-13-3-4-13/h5-6,9-10,13,21H,3-4,7-8,11H2,1-2H3,(H,20,23). The Labute approximate surface area is 158 Å². The Kier molecular flexibility index (Phi) is 4.38. The van der Waals surface area contributed by atoms with E-state index in [4.69, 9.17) is 4.74 Å². The number of aryl methyl sites for hydroxylation is 1. The molecule has 1 aromatic carbocycles. The summed E-state index contributed by atoms with van der Waals surface area (Å²) >= 11 is 0. The Morgan fingerprint density at radius 2 is 2.07 bits per heavy atom. The predicted molar refractivity (Wildman–Crippen MR) is 104 cm³/mol. The summed E-state index contributed by atoms with van der Waals surface area (Å²) < 4.78 is 33.8. The van der Waals surface area contributed by atoms with Crippen LogP contribution in [0, 0.1) is 12.8 Å². The molecule has 1 aliphatic heterocycles. The third kappa shape index (κ3) is 3.80. The smallest absolute Gasteiger partial charge is 0.268 e. The van der Waals surface area contributed by atoms with Crippen molar-refractivity contribution in [2.24, 2.45) is 5.92 Å². The minimum Gasteiger partial charge on any atom is -0.493 e. The van der Waals surface area contributed by atoms with Gasteiger partial charge in [0, 0.05) is 24.3 Å². The molecule has 0 atom stereocenters. The van der Waals surface area contributed by atoms with Gasteiger partial charge in [-0.3, -0.25) is 9.52 Å². The van der Waals surface area contributed by atoms with Gasteiger partial charge in [0.15, 0.2) is 0 Å². The number of rotatable bonds is 6. The van der Waals surface area contributed by atoms with Gasteiger partial charge in [0.05, 0.1) is 18.6 Å². The minimum atomic E-state index is -3.39. The number of anilines is 1. The van der Waals surface area contributed by atoms with E-state index in [-0.39, 0.29) is 5.91 Å². The maximum atomic E-state index is 12.3. The number of nitrogens with zero attached hydrogens (tertiary/aromatic N) is 1. The number of sulfonamides is 1. The van der Waals surface area contributed by atoms with Crippen LogP contribution < -0.4 is 14.8 Å². The third-order valence-corrected chi connectivity index (χ3v) is 5.46. The lowest BCUT2D eigenvalue weighted by Gasteiger charge is -2.21. The zero-order valence-corrected chi connectivity index (χ0v) is 16.2. The van der Waals surface area contributed by atoms with Crippen LogP contribution in [0.15, 0.2) is 24.3 Å². The molecule has 1 aliphatic carbocycles. The Morgan fingerprint density at radius 1 is 1.30 bits per heavy atom. The molecule has 1 aromatic heterocycles. The van der Waals surface area contributed by atoms with Gasteiger partial charge in [-0.05, 0) is 55.5 Å². The Hall–Kier alpha value is -2.48. The second-order valence-corrected chi connectivity index (χ2v) is 9.06. The van der Waals surface area contributed by atoms with E-state index in [1.54, 1.807) is 18.2 Å². The average Bonchev–Trinajstić information content (AvgIpc) is 3.35. The number of carbonyl (C=O) groups is 1. The molecule has 0 radical (unpaired) electrons. The van der Waals surface area contributed by atoms with E-state index < -0.39 is 10.0 Å². The quantitative estimate of drug-likeness (QED) is 0.794. The van der Waals surface area contributed by atoms with E-state index in [1.807, 2.05) is 17.6 Å². The number of benzene rings is 1. The molecule has 27 heavy (non-hydrogen) atoms. The van der Waals surface area contributed by atoms with Crippen molar-refractivity contribution in [2.75, 3.05) is 24.1 Å². The highest BCUT2D eigenvalue weighted by molar-refractivity contribution is 7.92. The highest BCUT2D eigenvalue weighted by Gasteiger charge is 2.26. The molecule has 0 unspecified atom stereocenters. The molecule has 1 fully saturated rings. The number of fused-ring (bicyclic) bond motifs is 1. The van der Waals surface area contributed by atoms with Gasteiger partial charge in [-0.1, -0.05) is 0 Å². The Morgan fingerprint density at radius 3 is 2.78 bits per heavy atom. The number of carbonyl (C=O) groups excluding carboxylic acids is 1. The van der Waals surface area contributed by atoms with Crippen molar-refractivity contribution in [3.63, 3.8) is 0 Å². The van der Waals surface area contributed by atoms with Crippen molar-refractivity contribution >= 4 is 21.6 Å². The predicted octanol–water partition coefficient (Wildman–Crippen LogP) is 2.37. The van der Waals surface area contributed by atoms with Crippen LogP contribution in [0.1, 0.15) is 28.9 Å². The van der Waals surface area contributed by atoms with E-state index in [9.17, 15) is 13.2 Å². The maximum absolute atomic E-state index is 12.3. The summed E-state index contributed by atoms with van der Waals surface area (Å²) in [6.45, 7) is 3.78. The second kappa shape index (κ2) is 6.60.